The van der Waals surface area contributed by atoms with Gasteiger partial charge >= 0.3 is 0 Å². The summed E-state index contributed by atoms with van der Waals surface area (Å²) < 4.78 is 0. The second-order valence-electron chi connectivity index (χ2n) is 8.47. The number of benzene rings is 4. The van der Waals surface area contributed by atoms with Crippen molar-refractivity contribution in [3.63, 3.8) is 0 Å². The van der Waals surface area contributed by atoms with Gasteiger partial charge in [0.25, 0.3) is 0 Å². The summed E-state index contributed by atoms with van der Waals surface area (Å²) in [4.78, 5) is 15.8. The van der Waals surface area contributed by atoms with E-state index in [0.29, 0.717) is 0 Å². The van der Waals surface area contributed by atoms with Gasteiger partial charge in [0.15, 0.2) is 0 Å². The highest BCUT2D eigenvalue weighted by atomic mass is 14.8. The van der Waals surface area contributed by atoms with E-state index in [0.717, 1.165) is 33.1 Å². The van der Waals surface area contributed by atoms with E-state index in [1.54, 1.807) is 0 Å². The fourth-order valence-corrected chi connectivity index (χ4v) is 4.96. The van der Waals surface area contributed by atoms with Crippen LogP contribution in [-0.4, -0.2) is 19.9 Å². The van der Waals surface area contributed by atoms with Crippen LogP contribution in [0.1, 0.15) is 0 Å². The maximum Gasteiger partial charge on any atom is 0.0963 e. The minimum atomic E-state index is 1.05. The summed E-state index contributed by atoms with van der Waals surface area (Å²) in [5.74, 6) is 0. The van der Waals surface area contributed by atoms with Gasteiger partial charge in [-0.25, -0.2) is 0 Å². The average Bonchev–Trinajstić information content (AvgIpc) is 3.48. The lowest BCUT2D eigenvalue weighted by Gasteiger charge is -1.98. The normalized spacial score (nSPS) is 11.5. The Balaban J connectivity index is 0.000000118. The molecular weight excluding hydrogens is 416 g/mol. The highest BCUT2D eigenvalue weighted by Crippen LogP contribution is 2.31. The molecule has 4 heteroatoms. The molecule has 0 aliphatic heterocycles. The van der Waals surface area contributed by atoms with Gasteiger partial charge in [-0.15, -0.1) is 0 Å². The Bertz CT molecular complexity index is 1820. The van der Waals surface area contributed by atoms with Crippen molar-refractivity contribution >= 4 is 65.4 Å². The van der Waals surface area contributed by atoms with E-state index >= 15 is 0 Å². The minimum absolute atomic E-state index is 1.05. The molecule has 0 radical (unpaired) electrons. The molecule has 4 aromatic carbocycles. The largest absolute Gasteiger partial charge is 0.353 e. The van der Waals surface area contributed by atoms with Gasteiger partial charge in [-0.2, -0.15) is 0 Å². The Morgan fingerprint density at radius 3 is 1.38 bits per heavy atom. The number of hydrogen-bond acceptors (Lipinski definition) is 2. The van der Waals surface area contributed by atoms with Crippen LogP contribution in [0.25, 0.3) is 65.4 Å². The van der Waals surface area contributed by atoms with Crippen LogP contribution in [0.3, 0.4) is 0 Å². The SMILES string of the molecule is c1ccc2c(c1)ccc1[nH]c3cccnc3c12.c1ccc2c(c1)ccc1[nH]c3cccnc3c12. The Hall–Kier alpha value is -4.70. The first kappa shape index (κ1) is 18.8. The van der Waals surface area contributed by atoms with Crippen molar-refractivity contribution < 1.29 is 0 Å². The zero-order valence-electron chi connectivity index (χ0n) is 18.3. The zero-order valence-corrected chi connectivity index (χ0v) is 18.3. The van der Waals surface area contributed by atoms with Gasteiger partial charge in [-0.05, 0) is 57.9 Å². The van der Waals surface area contributed by atoms with Crippen LogP contribution < -0.4 is 0 Å². The fourth-order valence-electron chi connectivity index (χ4n) is 4.96. The van der Waals surface area contributed by atoms with Crippen LogP contribution in [0.15, 0.2) is 109 Å². The zero-order chi connectivity index (χ0) is 22.5. The number of H-pyrrole nitrogens is 2. The second-order valence-corrected chi connectivity index (χ2v) is 8.47. The quantitative estimate of drug-likeness (QED) is 0.255. The van der Waals surface area contributed by atoms with Gasteiger partial charge in [0.05, 0.1) is 22.1 Å². The summed E-state index contributed by atoms with van der Waals surface area (Å²) >= 11 is 0. The van der Waals surface area contributed by atoms with Gasteiger partial charge in [0, 0.05) is 34.2 Å². The Morgan fingerprint density at radius 2 is 0.882 bits per heavy atom. The van der Waals surface area contributed by atoms with E-state index < -0.39 is 0 Å². The smallest absolute Gasteiger partial charge is 0.0963 e. The van der Waals surface area contributed by atoms with Crippen molar-refractivity contribution in [1.29, 1.82) is 0 Å². The van der Waals surface area contributed by atoms with Crippen molar-refractivity contribution in [3.05, 3.63) is 109 Å². The number of aromatic nitrogens is 4. The lowest BCUT2D eigenvalue weighted by molar-refractivity contribution is 1.42. The summed E-state index contributed by atoms with van der Waals surface area (Å²) in [6.45, 7) is 0. The van der Waals surface area contributed by atoms with Crippen LogP contribution in [-0.2, 0) is 0 Å². The fraction of sp³-hybridized carbons (Fsp3) is 0. The predicted octanol–water partition coefficient (Wildman–Crippen LogP) is 7.74. The van der Waals surface area contributed by atoms with Crippen LogP contribution >= 0.6 is 0 Å². The molecule has 8 rings (SSSR count). The van der Waals surface area contributed by atoms with Crippen molar-refractivity contribution in [2.45, 2.75) is 0 Å². The molecule has 2 N–H and O–H groups in total. The summed E-state index contributed by atoms with van der Waals surface area (Å²) in [6, 6.07) is 33.4. The molecule has 0 fully saturated rings. The van der Waals surface area contributed by atoms with E-state index in [2.05, 4.69) is 105 Å². The first-order valence-corrected chi connectivity index (χ1v) is 11.4. The lowest BCUT2D eigenvalue weighted by Crippen LogP contribution is -1.75. The molecule has 4 heterocycles. The number of fused-ring (bicyclic) bond motifs is 10. The molecule has 0 aliphatic carbocycles. The van der Waals surface area contributed by atoms with E-state index in [9.17, 15) is 0 Å². The summed E-state index contributed by atoms with van der Waals surface area (Å²) in [5, 5.41) is 7.47. The topological polar surface area (TPSA) is 57.4 Å². The maximum absolute atomic E-state index is 4.49. The van der Waals surface area contributed by atoms with Crippen molar-refractivity contribution in [3.8, 4) is 0 Å². The van der Waals surface area contributed by atoms with Crippen molar-refractivity contribution in [2.24, 2.45) is 0 Å². The van der Waals surface area contributed by atoms with Gasteiger partial charge in [-0.1, -0.05) is 60.7 Å². The minimum Gasteiger partial charge on any atom is -0.353 e. The molecule has 0 aliphatic rings. The molecule has 0 spiro atoms. The monoisotopic (exact) mass is 436 g/mol. The van der Waals surface area contributed by atoms with E-state index in [4.69, 9.17) is 0 Å². The molecule has 4 nitrogen and oxygen atoms in total. The third kappa shape index (κ3) is 2.86. The summed E-state index contributed by atoms with van der Waals surface area (Å²) in [5.41, 5.74) is 6.60. The van der Waals surface area contributed by atoms with Crippen LogP contribution in [0, 0.1) is 0 Å². The Labute approximate surface area is 194 Å². The lowest BCUT2D eigenvalue weighted by atomic mass is 10.1. The summed E-state index contributed by atoms with van der Waals surface area (Å²) in [7, 11) is 0. The van der Waals surface area contributed by atoms with Crippen LogP contribution in [0.2, 0.25) is 0 Å². The standard InChI is InChI=1S/2C15H10N2/c2*1-2-5-11-10(4-1)7-8-12-14(11)15-13(17-12)6-3-9-16-15/h2*1-9,17H. The molecule has 0 atom stereocenters. The summed E-state index contributed by atoms with van der Waals surface area (Å²) in [6.07, 6.45) is 3.69. The Kier molecular flexibility index (Phi) is 4.11. The van der Waals surface area contributed by atoms with E-state index in [1.165, 1.54) is 32.3 Å². The molecule has 4 aromatic heterocycles. The molecule has 34 heavy (non-hydrogen) atoms. The second kappa shape index (κ2) is 7.42. The van der Waals surface area contributed by atoms with Gasteiger partial charge in [0.1, 0.15) is 0 Å². The molecule has 8 aromatic rings. The molecule has 0 saturated heterocycles. The highest BCUT2D eigenvalue weighted by Gasteiger charge is 2.09. The predicted molar refractivity (Wildman–Crippen MR) is 142 cm³/mol. The van der Waals surface area contributed by atoms with E-state index in [-0.39, 0.29) is 0 Å². The number of nitrogens with one attached hydrogen (secondary N) is 2. The molecule has 0 amide bonds. The molecule has 160 valence electrons. The number of pyridine rings is 2. The first-order valence-electron chi connectivity index (χ1n) is 11.4. The number of aromatic amines is 2. The van der Waals surface area contributed by atoms with Gasteiger partial charge in [0.2, 0.25) is 0 Å². The first-order chi connectivity index (χ1) is 16.9. The average molecular weight is 437 g/mol. The van der Waals surface area contributed by atoms with Gasteiger partial charge < -0.3 is 9.97 Å². The third-order valence-electron chi connectivity index (χ3n) is 6.49. The molecule has 0 saturated carbocycles. The molecular formula is C30H20N4. The van der Waals surface area contributed by atoms with Crippen molar-refractivity contribution in [2.75, 3.05) is 0 Å². The highest BCUT2D eigenvalue weighted by molar-refractivity contribution is 6.19. The third-order valence-corrected chi connectivity index (χ3v) is 6.49. The Morgan fingerprint density at radius 1 is 0.412 bits per heavy atom. The number of rotatable bonds is 0. The van der Waals surface area contributed by atoms with Gasteiger partial charge in [-0.3, -0.25) is 9.97 Å². The van der Waals surface area contributed by atoms with E-state index in [1.807, 2.05) is 24.5 Å². The number of hydrogen-bond donors (Lipinski definition) is 2. The van der Waals surface area contributed by atoms with Crippen LogP contribution in [0.5, 0.6) is 0 Å². The van der Waals surface area contributed by atoms with Crippen LogP contribution in [0.4, 0.5) is 0 Å². The van der Waals surface area contributed by atoms with Crippen molar-refractivity contribution in [1.82, 2.24) is 19.9 Å². The number of nitrogens with zero attached hydrogens (tertiary/aromatic N) is 2. The maximum atomic E-state index is 4.49. The molecule has 0 bridgehead atoms. The molecule has 0 unspecified atom stereocenters.